The third kappa shape index (κ3) is 4.35. The summed E-state index contributed by atoms with van der Waals surface area (Å²) in [7, 11) is 1.99. The summed E-state index contributed by atoms with van der Waals surface area (Å²) in [6.45, 7) is 4.50. The van der Waals surface area contributed by atoms with E-state index in [4.69, 9.17) is 0 Å². The van der Waals surface area contributed by atoms with Crippen molar-refractivity contribution in [2.75, 3.05) is 12.8 Å². The summed E-state index contributed by atoms with van der Waals surface area (Å²) in [5.41, 5.74) is 2.72. The number of thioether (sulfide) groups is 1. The molecule has 0 saturated carbocycles. The average Bonchev–Trinajstić information content (AvgIpc) is 2.94. The lowest BCUT2D eigenvalue weighted by molar-refractivity contribution is 0.643. The number of nitrogens with zero attached hydrogens (tertiary/aromatic N) is 2. The number of hydrogen-bond acceptors (Lipinski definition) is 4. The van der Waals surface area contributed by atoms with E-state index in [0.29, 0.717) is 12.0 Å². The van der Waals surface area contributed by atoms with Crippen LogP contribution in [0, 0.1) is 5.92 Å². The van der Waals surface area contributed by atoms with Crippen molar-refractivity contribution >= 4 is 11.8 Å². The second-order valence-electron chi connectivity index (χ2n) is 5.28. The highest BCUT2D eigenvalue weighted by molar-refractivity contribution is 7.99. The molecule has 20 heavy (non-hydrogen) atoms. The van der Waals surface area contributed by atoms with Crippen molar-refractivity contribution in [3.63, 3.8) is 0 Å². The van der Waals surface area contributed by atoms with Crippen molar-refractivity contribution in [1.82, 2.24) is 20.5 Å². The van der Waals surface area contributed by atoms with E-state index in [1.807, 2.05) is 7.05 Å². The molecule has 2 rings (SSSR count). The third-order valence-corrected chi connectivity index (χ3v) is 4.12. The maximum atomic E-state index is 4.13. The van der Waals surface area contributed by atoms with Crippen LogP contribution in [0.25, 0.3) is 0 Å². The highest BCUT2D eigenvalue weighted by Gasteiger charge is 2.11. The summed E-state index contributed by atoms with van der Waals surface area (Å²) in [6.07, 6.45) is 2.68. The molecule has 0 aliphatic rings. The van der Waals surface area contributed by atoms with Crippen molar-refractivity contribution in [3.8, 4) is 0 Å². The first-order valence-corrected chi connectivity index (χ1v) is 7.92. The van der Waals surface area contributed by atoms with Gasteiger partial charge in [-0.3, -0.25) is 5.10 Å². The van der Waals surface area contributed by atoms with Gasteiger partial charge in [0.15, 0.2) is 5.16 Å². The number of aromatic nitrogens is 3. The number of hydrogen-bond donors (Lipinski definition) is 2. The van der Waals surface area contributed by atoms with E-state index < -0.39 is 0 Å². The van der Waals surface area contributed by atoms with Gasteiger partial charge in [0.05, 0.1) is 0 Å². The highest BCUT2D eigenvalue weighted by atomic mass is 32.2. The Hall–Kier alpha value is -1.33. The lowest BCUT2D eigenvalue weighted by Crippen LogP contribution is -2.18. The smallest absolute Gasteiger partial charge is 0.183 e. The zero-order valence-corrected chi connectivity index (χ0v) is 13.1. The fourth-order valence-corrected chi connectivity index (χ4v) is 3.05. The van der Waals surface area contributed by atoms with Crippen molar-refractivity contribution < 1.29 is 0 Å². The molecule has 1 heterocycles. The van der Waals surface area contributed by atoms with Gasteiger partial charge in [0.1, 0.15) is 6.33 Å². The summed E-state index contributed by atoms with van der Waals surface area (Å²) in [4.78, 5) is 4.13. The Bertz CT molecular complexity index is 493. The second-order valence-corrected chi connectivity index (χ2v) is 6.29. The molecule has 0 bridgehead atoms. The molecular formula is C15H22N4S. The van der Waals surface area contributed by atoms with Crippen molar-refractivity contribution in [3.05, 3.63) is 41.7 Å². The van der Waals surface area contributed by atoms with Gasteiger partial charge < -0.3 is 5.32 Å². The highest BCUT2D eigenvalue weighted by Crippen LogP contribution is 2.22. The molecule has 1 aromatic heterocycles. The predicted octanol–water partition coefficient (Wildman–Crippen LogP) is 3.06. The minimum atomic E-state index is 0.318. The second kappa shape index (κ2) is 7.45. The molecule has 5 heteroatoms. The molecule has 4 nitrogen and oxygen atoms in total. The van der Waals surface area contributed by atoms with Crippen LogP contribution in [0.4, 0.5) is 0 Å². The molecule has 1 unspecified atom stereocenters. The fourth-order valence-electron chi connectivity index (χ4n) is 2.13. The van der Waals surface area contributed by atoms with Gasteiger partial charge in [-0.15, -0.1) is 0 Å². The minimum Gasteiger partial charge on any atom is -0.312 e. The summed E-state index contributed by atoms with van der Waals surface area (Å²) in [5, 5.41) is 11.0. The monoisotopic (exact) mass is 290 g/mol. The van der Waals surface area contributed by atoms with Gasteiger partial charge in [0, 0.05) is 11.8 Å². The molecule has 108 valence electrons. The van der Waals surface area contributed by atoms with E-state index >= 15 is 0 Å². The Balaban J connectivity index is 1.96. The topological polar surface area (TPSA) is 53.6 Å². The lowest BCUT2D eigenvalue weighted by atomic mass is 10.00. The first-order chi connectivity index (χ1) is 9.69. The number of nitrogens with one attached hydrogen (secondary N) is 2. The molecule has 2 aromatic rings. The Labute approximate surface area is 124 Å². The summed E-state index contributed by atoms with van der Waals surface area (Å²) in [6, 6.07) is 9.23. The van der Waals surface area contributed by atoms with Crippen molar-refractivity contribution in [2.45, 2.75) is 31.5 Å². The largest absolute Gasteiger partial charge is 0.312 e. The van der Waals surface area contributed by atoms with Crippen LogP contribution in [-0.4, -0.2) is 28.0 Å². The van der Waals surface area contributed by atoms with Crippen LogP contribution in [-0.2, 0) is 6.42 Å². The maximum absolute atomic E-state index is 4.13. The Morgan fingerprint density at radius 3 is 2.55 bits per heavy atom. The van der Waals surface area contributed by atoms with E-state index in [1.165, 1.54) is 17.5 Å². The molecular weight excluding hydrogens is 268 g/mol. The number of aromatic amines is 1. The van der Waals surface area contributed by atoms with Crippen LogP contribution in [0.3, 0.4) is 0 Å². The molecule has 0 saturated heterocycles. The molecule has 0 spiro atoms. The first kappa shape index (κ1) is 15.1. The third-order valence-electron chi connectivity index (χ3n) is 3.15. The van der Waals surface area contributed by atoms with Gasteiger partial charge in [-0.2, -0.15) is 5.10 Å². The van der Waals surface area contributed by atoms with E-state index in [2.05, 4.69) is 58.6 Å². The minimum absolute atomic E-state index is 0.318. The maximum Gasteiger partial charge on any atom is 0.183 e. The van der Waals surface area contributed by atoms with E-state index in [-0.39, 0.29) is 0 Å². The van der Waals surface area contributed by atoms with E-state index in [0.717, 1.165) is 17.3 Å². The van der Waals surface area contributed by atoms with Gasteiger partial charge in [0.25, 0.3) is 0 Å². The molecule has 0 aliphatic carbocycles. The van der Waals surface area contributed by atoms with Crippen LogP contribution >= 0.6 is 11.8 Å². The summed E-state index contributed by atoms with van der Waals surface area (Å²) >= 11 is 1.68. The van der Waals surface area contributed by atoms with Crippen LogP contribution in [0.2, 0.25) is 0 Å². The molecule has 0 fully saturated rings. The normalized spacial score (nSPS) is 12.8. The number of benzene rings is 1. The molecule has 0 radical (unpaired) electrons. The number of H-pyrrole nitrogens is 1. The zero-order valence-electron chi connectivity index (χ0n) is 12.3. The van der Waals surface area contributed by atoms with Crippen LogP contribution in [0.1, 0.15) is 31.0 Å². The van der Waals surface area contributed by atoms with Gasteiger partial charge >= 0.3 is 0 Å². The lowest BCUT2D eigenvalue weighted by Gasteiger charge is -2.16. The SMILES string of the molecule is CNC(CSc1ncn[nH]1)c1ccc(CC(C)C)cc1. The fraction of sp³-hybridized carbons (Fsp3) is 0.467. The predicted molar refractivity (Wildman–Crippen MR) is 83.9 cm³/mol. The number of rotatable bonds is 7. The summed E-state index contributed by atoms with van der Waals surface area (Å²) < 4.78 is 0. The molecule has 0 aliphatic heterocycles. The molecule has 2 N–H and O–H groups in total. The standard InChI is InChI=1S/C15H22N4S/c1-11(2)8-12-4-6-13(7-5-12)14(16-3)9-20-15-17-10-18-19-15/h4-7,10-11,14,16H,8-9H2,1-3H3,(H,17,18,19). The van der Waals surface area contributed by atoms with Crippen LogP contribution in [0.5, 0.6) is 0 Å². The Kier molecular flexibility index (Phi) is 5.61. The Morgan fingerprint density at radius 1 is 1.25 bits per heavy atom. The quantitative estimate of drug-likeness (QED) is 0.770. The van der Waals surface area contributed by atoms with E-state index in [9.17, 15) is 0 Å². The Morgan fingerprint density at radius 2 is 2.00 bits per heavy atom. The van der Waals surface area contributed by atoms with Gasteiger partial charge in [-0.25, -0.2) is 4.98 Å². The molecule has 1 atom stereocenters. The van der Waals surface area contributed by atoms with Crippen LogP contribution in [0.15, 0.2) is 35.7 Å². The van der Waals surface area contributed by atoms with Gasteiger partial charge in [-0.05, 0) is 30.5 Å². The van der Waals surface area contributed by atoms with Gasteiger partial charge in [-0.1, -0.05) is 49.9 Å². The zero-order chi connectivity index (χ0) is 14.4. The van der Waals surface area contributed by atoms with Gasteiger partial charge in [0.2, 0.25) is 0 Å². The van der Waals surface area contributed by atoms with E-state index in [1.54, 1.807) is 11.8 Å². The first-order valence-electron chi connectivity index (χ1n) is 6.93. The molecule has 0 amide bonds. The summed E-state index contributed by atoms with van der Waals surface area (Å²) in [5.74, 6) is 1.62. The van der Waals surface area contributed by atoms with Crippen molar-refractivity contribution in [1.29, 1.82) is 0 Å². The average molecular weight is 290 g/mol. The van der Waals surface area contributed by atoms with Crippen LogP contribution < -0.4 is 5.32 Å². The van der Waals surface area contributed by atoms with Crippen molar-refractivity contribution in [2.24, 2.45) is 5.92 Å². The molecule has 1 aromatic carbocycles.